The molecule has 1 heterocycles. The van der Waals surface area contributed by atoms with Crippen LogP contribution in [0.3, 0.4) is 0 Å². The molecule has 0 aliphatic rings. The number of hydrogen-bond acceptors (Lipinski definition) is 6. The normalized spacial score (nSPS) is 12.5. The predicted molar refractivity (Wildman–Crippen MR) is 138 cm³/mol. The Labute approximate surface area is 205 Å². The molecule has 7 heteroatoms. The fourth-order valence-electron chi connectivity index (χ4n) is 4.64. The summed E-state index contributed by atoms with van der Waals surface area (Å²) in [4.78, 5) is 2.15. The van der Waals surface area contributed by atoms with E-state index >= 15 is 0 Å². The zero-order chi connectivity index (χ0) is 24.6. The molecule has 0 saturated carbocycles. The first kappa shape index (κ1) is 25.0. The molecule has 4 aromatic rings. The number of rotatable bonds is 13. The highest BCUT2D eigenvalue weighted by atomic mass is 16.5. The van der Waals surface area contributed by atoms with Gasteiger partial charge in [-0.15, -0.1) is 0 Å². The molecule has 0 aliphatic heterocycles. The summed E-state index contributed by atoms with van der Waals surface area (Å²) in [6.07, 6.45) is 0.0265. The fraction of sp³-hybridized carbons (Fsp3) is 0.357. The molecule has 1 atom stereocenters. The number of aliphatic hydroxyl groups excluding tert-OH is 3. The minimum Gasteiger partial charge on any atom is -0.493 e. The number of nitrogens with zero attached hydrogens (tertiary/aromatic N) is 2. The van der Waals surface area contributed by atoms with Gasteiger partial charge in [0.2, 0.25) is 0 Å². The van der Waals surface area contributed by atoms with Crippen molar-refractivity contribution >= 4 is 21.8 Å². The van der Waals surface area contributed by atoms with Gasteiger partial charge in [-0.05, 0) is 36.2 Å². The Morgan fingerprint density at radius 3 is 2.20 bits per heavy atom. The van der Waals surface area contributed by atoms with Crippen molar-refractivity contribution in [3.8, 4) is 11.5 Å². The van der Waals surface area contributed by atoms with Crippen LogP contribution >= 0.6 is 0 Å². The topological polar surface area (TPSA) is 87.3 Å². The average Bonchev–Trinajstić information content (AvgIpc) is 3.20. The quantitative estimate of drug-likeness (QED) is 0.273. The molecule has 186 valence electrons. The molecule has 7 nitrogen and oxygen atoms in total. The van der Waals surface area contributed by atoms with Gasteiger partial charge in [-0.3, -0.25) is 4.90 Å². The van der Waals surface area contributed by atoms with Crippen molar-refractivity contribution in [3.05, 3.63) is 72.3 Å². The van der Waals surface area contributed by atoms with Crippen molar-refractivity contribution in [3.63, 3.8) is 0 Å². The van der Waals surface area contributed by atoms with E-state index in [1.807, 2.05) is 42.5 Å². The molecule has 0 spiro atoms. The Morgan fingerprint density at radius 2 is 1.57 bits per heavy atom. The van der Waals surface area contributed by atoms with Gasteiger partial charge in [0, 0.05) is 48.0 Å². The molecule has 3 aromatic carbocycles. The highest BCUT2D eigenvalue weighted by Gasteiger charge is 2.17. The lowest BCUT2D eigenvalue weighted by atomic mass is 10.1. The lowest BCUT2D eigenvalue weighted by Gasteiger charge is -2.26. The van der Waals surface area contributed by atoms with Crippen LogP contribution in [-0.4, -0.2) is 70.9 Å². The van der Waals surface area contributed by atoms with E-state index in [1.165, 1.54) is 10.8 Å². The molecule has 0 bridgehead atoms. The number of methoxy groups -OCH3 is 1. The molecule has 0 aliphatic carbocycles. The van der Waals surface area contributed by atoms with Gasteiger partial charge in [-0.25, -0.2) is 0 Å². The van der Waals surface area contributed by atoms with Crippen LogP contribution in [0.1, 0.15) is 12.0 Å². The maximum atomic E-state index is 11.1. The summed E-state index contributed by atoms with van der Waals surface area (Å²) < 4.78 is 13.2. The second-order valence-corrected chi connectivity index (χ2v) is 8.67. The number of para-hydroxylation sites is 2. The van der Waals surface area contributed by atoms with Crippen LogP contribution in [-0.2, 0) is 13.1 Å². The summed E-state index contributed by atoms with van der Waals surface area (Å²) >= 11 is 0. The summed E-state index contributed by atoms with van der Waals surface area (Å²) in [6.45, 7) is 2.42. The largest absolute Gasteiger partial charge is 0.493 e. The molecule has 4 rings (SSSR count). The van der Waals surface area contributed by atoms with Gasteiger partial charge in [-0.2, -0.15) is 0 Å². The number of ether oxygens (including phenoxy) is 2. The van der Waals surface area contributed by atoms with Crippen molar-refractivity contribution < 1.29 is 24.8 Å². The summed E-state index contributed by atoms with van der Waals surface area (Å²) in [6, 6.07) is 22.3. The molecular weight excluding hydrogens is 444 g/mol. The highest BCUT2D eigenvalue weighted by Crippen LogP contribution is 2.30. The number of fused-ring (bicyclic) bond motifs is 3. The van der Waals surface area contributed by atoms with Crippen molar-refractivity contribution in [2.75, 3.05) is 40.0 Å². The molecule has 0 radical (unpaired) electrons. The second kappa shape index (κ2) is 12.0. The van der Waals surface area contributed by atoms with E-state index in [0.717, 1.165) is 16.6 Å². The van der Waals surface area contributed by atoms with Gasteiger partial charge in [0.15, 0.2) is 11.5 Å². The van der Waals surface area contributed by atoms with Gasteiger partial charge in [0.1, 0.15) is 6.61 Å². The zero-order valence-corrected chi connectivity index (χ0v) is 20.1. The van der Waals surface area contributed by atoms with E-state index in [9.17, 15) is 10.2 Å². The summed E-state index contributed by atoms with van der Waals surface area (Å²) in [5.41, 5.74) is 3.23. The summed E-state index contributed by atoms with van der Waals surface area (Å²) in [5, 5.41) is 31.9. The van der Waals surface area contributed by atoms with Crippen LogP contribution in [0.5, 0.6) is 11.5 Å². The third-order valence-electron chi connectivity index (χ3n) is 6.16. The smallest absolute Gasteiger partial charge is 0.161 e. The predicted octanol–water partition coefficient (Wildman–Crippen LogP) is 3.42. The van der Waals surface area contributed by atoms with Crippen LogP contribution in [0.15, 0.2) is 66.7 Å². The Kier molecular flexibility index (Phi) is 8.60. The van der Waals surface area contributed by atoms with Crippen LogP contribution in [0.25, 0.3) is 21.8 Å². The lowest BCUT2D eigenvalue weighted by Crippen LogP contribution is -2.35. The highest BCUT2D eigenvalue weighted by molar-refractivity contribution is 6.07. The van der Waals surface area contributed by atoms with Crippen molar-refractivity contribution in [2.24, 2.45) is 0 Å². The van der Waals surface area contributed by atoms with Crippen molar-refractivity contribution in [1.29, 1.82) is 0 Å². The number of aliphatic hydroxyl groups is 3. The van der Waals surface area contributed by atoms with Gasteiger partial charge in [0.05, 0.1) is 26.4 Å². The SMILES string of the molecule is COc1cc(CN(CCCO)C[C@@H](O)Cn2c3ccccc3c3ccccc32)ccc1OCCO. The van der Waals surface area contributed by atoms with Crippen LogP contribution in [0.2, 0.25) is 0 Å². The first-order chi connectivity index (χ1) is 17.1. The van der Waals surface area contributed by atoms with E-state index in [-0.39, 0.29) is 19.8 Å². The third kappa shape index (κ3) is 5.94. The number of benzene rings is 3. The van der Waals surface area contributed by atoms with Crippen LogP contribution < -0.4 is 9.47 Å². The maximum Gasteiger partial charge on any atom is 0.161 e. The van der Waals surface area contributed by atoms with E-state index in [1.54, 1.807) is 7.11 Å². The van der Waals surface area contributed by atoms with E-state index in [4.69, 9.17) is 14.6 Å². The average molecular weight is 479 g/mol. The molecule has 0 amide bonds. The van der Waals surface area contributed by atoms with Gasteiger partial charge in [-0.1, -0.05) is 42.5 Å². The molecule has 0 fully saturated rings. The Balaban J connectivity index is 1.51. The first-order valence-corrected chi connectivity index (χ1v) is 12.0. The fourth-order valence-corrected chi connectivity index (χ4v) is 4.64. The summed E-state index contributed by atoms with van der Waals surface area (Å²) in [5.74, 6) is 1.18. The van der Waals surface area contributed by atoms with Crippen molar-refractivity contribution in [2.45, 2.75) is 25.6 Å². The van der Waals surface area contributed by atoms with Gasteiger partial charge < -0.3 is 29.4 Å². The van der Waals surface area contributed by atoms with Gasteiger partial charge >= 0.3 is 0 Å². The lowest BCUT2D eigenvalue weighted by molar-refractivity contribution is 0.0921. The van der Waals surface area contributed by atoms with Crippen LogP contribution in [0.4, 0.5) is 0 Å². The standard InChI is InChI=1S/C28H34N2O5/c1-34-28-17-21(11-12-27(28)35-16-15-32)18-29(13-6-14-31)19-22(33)20-30-25-9-4-2-7-23(25)24-8-3-5-10-26(24)30/h2-5,7-12,17,22,31-33H,6,13-16,18-20H2,1H3/t22-/m1/s1. The molecule has 3 N–H and O–H groups in total. The monoisotopic (exact) mass is 478 g/mol. The molecule has 0 unspecified atom stereocenters. The molecule has 0 saturated heterocycles. The number of hydrogen-bond donors (Lipinski definition) is 3. The Bertz CT molecular complexity index is 1190. The Hall–Kier alpha value is -3.10. The summed E-state index contributed by atoms with van der Waals surface area (Å²) in [7, 11) is 1.59. The minimum atomic E-state index is -0.595. The van der Waals surface area contributed by atoms with Crippen LogP contribution in [0, 0.1) is 0 Å². The van der Waals surface area contributed by atoms with E-state index in [0.29, 0.717) is 44.1 Å². The number of aromatic nitrogens is 1. The molecule has 35 heavy (non-hydrogen) atoms. The van der Waals surface area contributed by atoms with Gasteiger partial charge in [0.25, 0.3) is 0 Å². The third-order valence-corrected chi connectivity index (χ3v) is 6.16. The molecular formula is C28H34N2O5. The second-order valence-electron chi connectivity index (χ2n) is 8.67. The molecule has 1 aromatic heterocycles. The Morgan fingerprint density at radius 1 is 0.886 bits per heavy atom. The maximum absolute atomic E-state index is 11.1. The van der Waals surface area contributed by atoms with E-state index < -0.39 is 6.10 Å². The minimum absolute atomic E-state index is 0.0658. The first-order valence-electron chi connectivity index (χ1n) is 12.0. The zero-order valence-electron chi connectivity index (χ0n) is 20.1. The van der Waals surface area contributed by atoms with E-state index in [2.05, 4.69) is 33.7 Å². The van der Waals surface area contributed by atoms with Crippen molar-refractivity contribution in [1.82, 2.24) is 9.47 Å².